The molecule has 2 aromatic rings. The minimum Gasteiger partial charge on any atom is -0.497 e. The first-order valence-corrected chi connectivity index (χ1v) is 9.26. The SMILES string of the molecule is COc1cc(OC)cc(C(=O)NCC2CCCN(c3ncccc3C#N)C2)c1. The Balaban J connectivity index is 1.63. The van der Waals surface area contributed by atoms with Crippen molar-refractivity contribution in [3.8, 4) is 17.6 Å². The van der Waals surface area contributed by atoms with E-state index in [2.05, 4.69) is 21.3 Å². The van der Waals surface area contributed by atoms with E-state index in [9.17, 15) is 10.1 Å². The average molecular weight is 380 g/mol. The van der Waals surface area contributed by atoms with Gasteiger partial charge in [0.15, 0.2) is 0 Å². The number of hydrogen-bond donors (Lipinski definition) is 1. The number of nitrogens with zero attached hydrogens (tertiary/aromatic N) is 3. The Labute approximate surface area is 164 Å². The first kappa shape index (κ1) is 19.5. The molecule has 7 heteroatoms. The lowest BCUT2D eigenvalue weighted by atomic mass is 9.97. The number of aromatic nitrogens is 1. The third kappa shape index (κ3) is 4.52. The molecule has 1 aromatic heterocycles. The van der Waals surface area contributed by atoms with Crippen LogP contribution in [0.3, 0.4) is 0 Å². The largest absolute Gasteiger partial charge is 0.497 e. The van der Waals surface area contributed by atoms with Crippen LogP contribution < -0.4 is 19.7 Å². The van der Waals surface area contributed by atoms with E-state index in [-0.39, 0.29) is 5.91 Å². The average Bonchev–Trinajstić information content (AvgIpc) is 2.77. The maximum absolute atomic E-state index is 12.6. The number of rotatable bonds is 6. The van der Waals surface area contributed by atoms with Crippen molar-refractivity contribution >= 4 is 11.7 Å². The molecule has 0 radical (unpaired) electrons. The van der Waals surface area contributed by atoms with E-state index in [1.54, 1.807) is 50.7 Å². The summed E-state index contributed by atoms with van der Waals surface area (Å²) in [4.78, 5) is 19.1. The van der Waals surface area contributed by atoms with Gasteiger partial charge in [-0.05, 0) is 43.0 Å². The molecule has 3 rings (SSSR count). The van der Waals surface area contributed by atoms with Gasteiger partial charge in [-0.2, -0.15) is 5.26 Å². The van der Waals surface area contributed by atoms with E-state index >= 15 is 0 Å². The highest BCUT2D eigenvalue weighted by Gasteiger charge is 2.23. The molecule has 1 fully saturated rings. The summed E-state index contributed by atoms with van der Waals surface area (Å²) in [6.45, 7) is 2.18. The van der Waals surface area contributed by atoms with Crippen LogP contribution in [0.25, 0.3) is 0 Å². The van der Waals surface area contributed by atoms with E-state index in [0.717, 1.165) is 31.7 Å². The van der Waals surface area contributed by atoms with Crippen molar-refractivity contribution < 1.29 is 14.3 Å². The van der Waals surface area contributed by atoms with Crippen LogP contribution in [0.2, 0.25) is 0 Å². The van der Waals surface area contributed by atoms with E-state index in [1.165, 1.54) is 0 Å². The van der Waals surface area contributed by atoms with Crippen LogP contribution in [0.1, 0.15) is 28.8 Å². The number of benzene rings is 1. The van der Waals surface area contributed by atoms with Gasteiger partial charge in [0.2, 0.25) is 0 Å². The van der Waals surface area contributed by atoms with Gasteiger partial charge in [-0.15, -0.1) is 0 Å². The lowest BCUT2D eigenvalue weighted by Gasteiger charge is -2.34. The quantitative estimate of drug-likeness (QED) is 0.829. The van der Waals surface area contributed by atoms with Crippen LogP contribution in [0, 0.1) is 17.2 Å². The van der Waals surface area contributed by atoms with Crippen molar-refractivity contribution in [1.29, 1.82) is 5.26 Å². The first-order chi connectivity index (χ1) is 13.6. The first-order valence-electron chi connectivity index (χ1n) is 9.26. The number of nitriles is 1. The molecule has 0 saturated carbocycles. The normalized spacial score (nSPS) is 16.2. The smallest absolute Gasteiger partial charge is 0.251 e. The minimum atomic E-state index is -0.162. The summed E-state index contributed by atoms with van der Waals surface area (Å²) in [6.07, 6.45) is 3.72. The van der Waals surface area contributed by atoms with Gasteiger partial charge in [0, 0.05) is 37.5 Å². The monoisotopic (exact) mass is 380 g/mol. The molecule has 1 atom stereocenters. The number of anilines is 1. The summed E-state index contributed by atoms with van der Waals surface area (Å²) >= 11 is 0. The topological polar surface area (TPSA) is 87.5 Å². The van der Waals surface area contributed by atoms with Crippen LogP contribution in [0.4, 0.5) is 5.82 Å². The molecule has 0 aliphatic carbocycles. The standard InChI is InChI=1S/C21H24N4O3/c1-27-18-9-17(10-19(11-18)28-2)21(26)24-13-15-5-4-8-25(14-15)20-16(12-22)6-3-7-23-20/h3,6-7,9-11,15H,4-5,8,13-14H2,1-2H3,(H,24,26). The number of piperidine rings is 1. The van der Waals surface area contributed by atoms with Gasteiger partial charge in [0.05, 0.1) is 19.8 Å². The number of amides is 1. The molecule has 1 aliphatic rings. The lowest BCUT2D eigenvalue weighted by Crippen LogP contribution is -2.41. The predicted molar refractivity (Wildman–Crippen MR) is 106 cm³/mol. The fourth-order valence-electron chi connectivity index (χ4n) is 3.44. The van der Waals surface area contributed by atoms with Crippen LogP contribution >= 0.6 is 0 Å². The predicted octanol–water partition coefficient (Wildman–Crippen LogP) is 2.62. The second-order valence-electron chi connectivity index (χ2n) is 6.75. The summed E-state index contributed by atoms with van der Waals surface area (Å²) in [6, 6.07) is 10.9. The summed E-state index contributed by atoms with van der Waals surface area (Å²) in [5, 5.41) is 12.3. The molecule has 7 nitrogen and oxygen atoms in total. The van der Waals surface area contributed by atoms with Crippen LogP contribution in [0.15, 0.2) is 36.5 Å². The molecule has 1 N–H and O–H groups in total. The Morgan fingerprint density at radius 3 is 2.75 bits per heavy atom. The van der Waals surface area contributed by atoms with Crippen LogP contribution in [0.5, 0.6) is 11.5 Å². The third-order valence-electron chi connectivity index (χ3n) is 4.89. The van der Waals surface area contributed by atoms with Crippen molar-refractivity contribution in [2.75, 3.05) is 38.8 Å². The van der Waals surface area contributed by atoms with Gasteiger partial charge >= 0.3 is 0 Å². The Hall–Kier alpha value is -3.27. The molecule has 1 unspecified atom stereocenters. The number of ether oxygens (including phenoxy) is 2. The maximum Gasteiger partial charge on any atom is 0.251 e. The highest BCUT2D eigenvalue weighted by Crippen LogP contribution is 2.25. The Morgan fingerprint density at radius 2 is 2.07 bits per heavy atom. The zero-order valence-corrected chi connectivity index (χ0v) is 16.1. The molecular formula is C21H24N4O3. The Kier molecular flexibility index (Phi) is 6.33. The van der Waals surface area contributed by atoms with Crippen molar-refractivity contribution in [1.82, 2.24) is 10.3 Å². The molecule has 1 amide bonds. The number of carbonyl (C=O) groups excluding carboxylic acids is 1. The molecule has 1 saturated heterocycles. The highest BCUT2D eigenvalue weighted by molar-refractivity contribution is 5.95. The molecule has 0 spiro atoms. The molecule has 146 valence electrons. The lowest BCUT2D eigenvalue weighted by molar-refractivity contribution is 0.0945. The second kappa shape index (κ2) is 9.09. The second-order valence-corrected chi connectivity index (χ2v) is 6.75. The number of pyridine rings is 1. The molecular weight excluding hydrogens is 356 g/mol. The summed E-state index contributed by atoms with van der Waals surface area (Å²) in [7, 11) is 3.11. The zero-order valence-electron chi connectivity index (χ0n) is 16.1. The van der Waals surface area contributed by atoms with Crippen LogP contribution in [-0.2, 0) is 0 Å². The van der Waals surface area contributed by atoms with Gasteiger partial charge in [-0.3, -0.25) is 4.79 Å². The Morgan fingerprint density at radius 1 is 1.32 bits per heavy atom. The Bertz CT molecular complexity index is 856. The van der Waals surface area contributed by atoms with Crippen LogP contribution in [-0.4, -0.2) is 44.7 Å². The van der Waals surface area contributed by atoms with Crippen molar-refractivity contribution in [3.63, 3.8) is 0 Å². The fourth-order valence-corrected chi connectivity index (χ4v) is 3.44. The van der Waals surface area contributed by atoms with Gasteiger partial charge in [-0.1, -0.05) is 0 Å². The van der Waals surface area contributed by atoms with E-state index < -0.39 is 0 Å². The van der Waals surface area contributed by atoms with Gasteiger partial charge in [0.25, 0.3) is 5.91 Å². The fraction of sp³-hybridized carbons (Fsp3) is 0.381. The molecule has 1 aromatic carbocycles. The van der Waals surface area contributed by atoms with Crippen molar-refractivity contribution in [2.45, 2.75) is 12.8 Å². The maximum atomic E-state index is 12.6. The van der Waals surface area contributed by atoms with Gasteiger partial charge in [-0.25, -0.2) is 4.98 Å². The van der Waals surface area contributed by atoms with E-state index in [4.69, 9.17) is 9.47 Å². The number of hydrogen-bond acceptors (Lipinski definition) is 6. The summed E-state index contributed by atoms with van der Waals surface area (Å²) < 4.78 is 10.5. The highest BCUT2D eigenvalue weighted by atomic mass is 16.5. The van der Waals surface area contributed by atoms with Crippen molar-refractivity contribution in [3.05, 3.63) is 47.7 Å². The minimum absolute atomic E-state index is 0.162. The van der Waals surface area contributed by atoms with E-state index in [1.807, 2.05) is 0 Å². The number of carbonyl (C=O) groups is 1. The summed E-state index contributed by atoms with van der Waals surface area (Å²) in [5.74, 6) is 2.00. The number of methoxy groups -OCH3 is 2. The van der Waals surface area contributed by atoms with Gasteiger partial charge in [0.1, 0.15) is 23.4 Å². The van der Waals surface area contributed by atoms with E-state index in [0.29, 0.717) is 35.1 Å². The molecule has 0 bridgehead atoms. The third-order valence-corrected chi connectivity index (χ3v) is 4.89. The molecule has 2 heterocycles. The van der Waals surface area contributed by atoms with Crippen molar-refractivity contribution in [2.24, 2.45) is 5.92 Å². The molecule has 28 heavy (non-hydrogen) atoms. The van der Waals surface area contributed by atoms with Gasteiger partial charge < -0.3 is 19.7 Å². The number of nitrogens with one attached hydrogen (secondary N) is 1. The molecule has 1 aliphatic heterocycles. The summed E-state index contributed by atoms with van der Waals surface area (Å²) in [5.41, 5.74) is 1.08. The zero-order chi connectivity index (χ0) is 19.9.